The summed E-state index contributed by atoms with van der Waals surface area (Å²) in [5.74, 6) is -0.639. The molecule has 0 spiro atoms. The average molecular weight is 289 g/mol. The summed E-state index contributed by atoms with van der Waals surface area (Å²) < 4.78 is 0. The molecule has 0 saturated heterocycles. The number of hydrogen-bond acceptors (Lipinski definition) is 2. The largest absolute Gasteiger partial charge is 0.481 e. The Bertz CT molecular complexity index is 491. The molecule has 1 amide bonds. The van der Waals surface area contributed by atoms with Gasteiger partial charge in [-0.25, -0.2) is 0 Å². The van der Waals surface area contributed by atoms with Crippen molar-refractivity contribution in [2.24, 2.45) is 5.92 Å². The Kier molecular flexibility index (Phi) is 5.78. The van der Waals surface area contributed by atoms with Crippen LogP contribution in [0.1, 0.15) is 50.5 Å². The number of hydrogen-bond donors (Lipinski definition) is 2. The van der Waals surface area contributed by atoms with Crippen LogP contribution < -0.4 is 5.32 Å². The van der Waals surface area contributed by atoms with E-state index in [0.717, 1.165) is 36.9 Å². The van der Waals surface area contributed by atoms with Gasteiger partial charge in [0.25, 0.3) is 0 Å². The van der Waals surface area contributed by atoms with Crippen molar-refractivity contribution in [3.63, 3.8) is 0 Å². The number of carbonyl (C=O) groups excluding carboxylic acids is 1. The highest BCUT2D eigenvalue weighted by Gasteiger charge is 2.20. The summed E-state index contributed by atoms with van der Waals surface area (Å²) in [7, 11) is 0. The first kappa shape index (κ1) is 15.5. The molecule has 0 unspecified atom stereocenters. The van der Waals surface area contributed by atoms with E-state index >= 15 is 0 Å². The van der Waals surface area contributed by atoms with Gasteiger partial charge in [-0.2, -0.15) is 0 Å². The molecule has 0 radical (unpaired) electrons. The number of aryl methyl sites for hydroxylation is 1. The first-order valence-corrected chi connectivity index (χ1v) is 7.77. The minimum absolute atomic E-state index is 0.0797. The predicted molar refractivity (Wildman–Crippen MR) is 82.2 cm³/mol. The lowest BCUT2D eigenvalue weighted by Crippen LogP contribution is -2.23. The molecule has 0 heterocycles. The molecule has 114 valence electrons. The van der Waals surface area contributed by atoms with Crippen LogP contribution in [0.3, 0.4) is 0 Å². The number of anilines is 1. The molecule has 4 heteroatoms. The Morgan fingerprint density at radius 3 is 2.43 bits per heavy atom. The zero-order valence-electron chi connectivity index (χ0n) is 12.3. The molecule has 0 bridgehead atoms. The number of carbonyl (C=O) groups is 2. The number of rotatable bonds is 5. The van der Waals surface area contributed by atoms with Crippen molar-refractivity contribution in [2.75, 3.05) is 5.32 Å². The second-order valence-corrected chi connectivity index (χ2v) is 5.73. The Balaban J connectivity index is 2.00. The SMILES string of the molecule is O=C(O)CCc1ccccc1NC(=O)C1CCCCCC1. The zero-order valence-corrected chi connectivity index (χ0v) is 12.3. The molecule has 4 nitrogen and oxygen atoms in total. The fraction of sp³-hybridized carbons (Fsp3) is 0.529. The van der Waals surface area contributed by atoms with Gasteiger partial charge in [-0.1, -0.05) is 43.9 Å². The molecule has 1 aromatic carbocycles. The summed E-state index contributed by atoms with van der Waals surface area (Å²) in [6.07, 6.45) is 7.13. The molecule has 2 N–H and O–H groups in total. The maximum absolute atomic E-state index is 12.4. The van der Waals surface area contributed by atoms with Gasteiger partial charge >= 0.3 is 5.97 Å². The summed E-state index contributed by atoms with van der Waals surface area (Å²) in [4.78, 5) is 23.1. The van der Waals surface area contributed by atoms with E-state index in [4.69, 9.17) is 5.11 Å². The number of benzene rings is 1. The minimum atomic E-state index is -0.820. The van der Waals surface area contributed by atoms with Crippen molar-refractivity contribution in [3.8, 4) is 0 Å². The van der Waals surface area contributed by atoms with Crippen molar-refractivity contribution in [1.82, 2.24) is 0 Å². The van der Waals surface area contributed by atoms with Crippen LogP contribution in [0.5, 0.6) is 0 Å². The van der Waals surface area contributed by atoms with Crippen LogP contribution in [0.15, 0.2) is 24.3 Å². The fourth-order valence-corrected chi connectivity index (χ4v) is 2.88. The number of carboxylic acid groups (broad SMARTS) is 1. The smallest absolute Gasteiger partial charge is 0.303 e. The average Bonchev–Trinajstić information content (AvgIpc) is 2.75. The topological polar surface area (TPSA) is 66.4 Å². The summed E-state index contributed by atoms with van der Waals surface area (Å²) in [5.41, 5.74) is 1.65. The lowest BCUT2D eigenvalue weighted by atomic mass is 9.99. The van der Waals surface area contributed by atoms with E-state index in [-0.39, 0.29) is 18.2 Å². The molecule has 1 aliphatic carbocycles. The number of carboxylic acids is 1. The van der Waals surface area contributed by atoms with E-state index in [0.29, 0.717) is 6.42 Å². The van der Waals surface area contributed by atoms with Crippen LogP contribution >= 0.6 is 0 Å². The number of para-hydroxylation sites is 1. The molecule has 0 atom stereocenters. The van der Waals surface area contributed by atoms with Gasteiger partial charge in [0.1, 0.15) is 0 Å². The molecular formula is C17H23NO3. The van der Waals surface area contributed by atoms with Crippen molar-refractivity contribution in [2.45, 2.75) is 51.4 Å². The Labute approximate surface area is 125 Å². The van der Waals surface area contributed by atoms with Gasteiger partial charge in [-0.05, 0) is 30.9 Å². The molecule has 0 aliphatic heterocycles. The van der Waals surface area contributed by atoms with Gasteiger partial charge in [0.2, 0.25) is 5.91 Å². The maximum Gasteiger partial charge on any atom is 0.303 e. The summed E-state index contributed by atoms with van der Waals surface area (Å²) in [6.45, 7) is 0. The Hall–Kier alpha value is -1.84. The van der Waals surface area contributed by atoms with Gasteiger partial charge in [-0.15, -0.1) is 0 Å². The van der Waals surface area contributed by atoms with Crippen molar-refractivity contribution < 1.29 is 14.7 Å². The van der Waals surface area contributed by atoms with E-state index in [2.05, 4.69) is 5.32 Å². The normalized spacial score (nSPS) is 16.2. The monoisotopic (exact) mass is 289 g/mol. The van der Waals surface area contributed by atoms with Gasteiger partial charge in [0.15, 0.2) is 0 Å². The number of aliphatic carboxylic acids is 1. The van der Waals surface area contributed by atoms with Crippen LogP contribution in [0.2, 0.25) is 0 Å². The summed E-state index contributed by atoms with van der Waals surface area (Å²) in [5, 5.41) is 11.8. The third-order valence-electron chi connectivity index (χ3n) is 4.11. The van der Waals surface area contributed by atoms with Gasteiger partial charge in [0, 0.05) is 18.0 Å². The molecule has 1 fully saturated rings. The molecule has 1 saturated carbocycles. The quantitative estimate of drug-likeness (QED) is 0.814. The van der Waals surface area contributed by atoms with E-state index in [1.165, 1.54) is 12.8 Å². The van der Waals surface area contributed by atoms with Crippen molar-refractivity contribution in [3.05, 3.63) is 29.8 Å². The molecule has 2 rings (SSSR count). The van der Waals surface area contributed by atoms with E-state index in [9.17, 15) is 9.59 Å². The third-order valence-corrected chi connectivity index (χ3v) is 4.11. The van der Waals surface area contributed by atoms with E-state index < -0.39 is 5.97 Å². The van der Waals surface area contributed by atoms with E-state index in [1.54, 1.807) is 0 Å². The molecule has 0 aromatic heterocycles. The lowest BCUT2D eigenvalue weighted by molar-refractivity contribution is -0.137. The fourth-order valence-electron chi connectivity index (χ4n) is 2.88. The van der Waals surface area contributed by atoms with Crippen LogP contribution in [0, 0.1) is 5.92 Å². The minimum Gasteiger partial charge on any atom is -0.481 e. The third kappa shape index (κ3) is 4.88. The maximum atomic E-state index is 12.4. The molecule has 1 aromatic rings. The van der Waals surface area contributed by atoms with Crippen LogP contribution in [-0.4, -0.2) is 17.0 Å². The highest BCUT2D eigenvalue weighted by molar-refractivity contribution is 5.93. The Morgan fingerprint density at radius 2 is 1.76 bits per heavy atom. The first-order chi connectivity index (χ1) is 10.2. The van der Waals surface area contributed by atoms with Crippen LogP contribution in [-0.2, 0) is 16.0 Å². The Morgan fingerprint density at radius 1 is 1.10 bits per heavy atom. The summed E-state index contributed by atoms with van der Waals surface area (Å²) >= 11 is 0. The molecule has 21 heavy (non-hydrogen) atoms. The highest BCUT2D eigenvalue weighted by Crippen LogP contribution is 2.25. The second kappa shape index (κ2) is 7.81. The summed E-state index contributed by atoms with van der Waals surface area (Å²) in [6, 6.07) is 7.48. The molecule has 1 aliphatic rings. The lowest BCUT2D eigenvalue weighted by Gasteiger charge is -2.16. The predicted octanol–water partition coefficient (Wildman–Crippen LogP) is 3.61. The standard InChI is InChI=1S/C17H23NO3/c19-16(20)12-11-13-7-5-6-10-15(13)18-17(21)14-8-3-1-2-4-9-14/h5-7,10,14H,1-4,8-9,11-12H2,(H,18,21)(H,19,20). The van der Waals surface area contributed by atoms with Crippen LogP contribution in [0.4, 0.5) is 5.69 Å². The van der Waals surface area contributed by atoms with Gasteiger partial charge < -0.3 is 10.4 Å². The van der Waals surface area contributed by atoms with Crippen molar-refractivity contribution in [1.29, 1.82) is 0 Å². The van der Waals surface area contributed by atoms with Gasteiger partial charge in [-0.3, -0.25) is 9.59 Å². The molecular weight excluding hydrogens is 266 g/mol. The van der Waals surface area contributed by atoms with Crippen LogP contribution in [0.25, 0.3) is 0 Å². The van der Waals surface area contributed by atoms with Gasteiger partial charge in [0.05, 0.1) is 0 Å². The number of amides is 1. The zero-order chi connectivity index (χ0) is 15.1. The number of nitrogens with one attached hydrogen (secondary N) is 1. The van der Waals surface area contributed by atoms with E-state index in [1.807, 2.05) is 24.3 Å². The van der Waals surface area contributed by atoms with Crippen molar-refractivity contribution >= 4 is 17.6 Å². The highest BCUT2D eigenvalue weighted by atomic mass is 16.4. The second-order valence-electron chi connectivity index (χ2n) is 5.73. The first-order valence-electron chi connectivity index (χ1n) is 7.77.